The molecule has 6 rings (SSSR count). The van der Waals surface area contributed by atoms with E-state index in [0.717, 1.165) is 22.4 Å². The standard InChI is InChI=1S/C31H32N2O10/c1-38-24-9-16(10-25(39-2)30(24)35)27-19-12-22-23(43-15-42-22)13-20(19)29(21-14-41-31(36)28(21)27)32-17-5-3-6-18(11-17)40-8-4-7-26(34)33-37/h3,5-6,9-13,21,27-29,32,35,37H,4,7-8,14-15H2,1-2H3,(H,33,34)/t21-,27+,28-,29+/m0/s1. The summed E-state index contributed by atoms with van der Waals surface area (Å²) in [6.07, 6.45) is 0.575. The maximum Gasteiger partial charge on any atom is 0.310 e. The van der Waals surface area contributed by atoms with Gasteiger partial charge in [0.25, 0.3) is 0 Å². The van der Waals surface area contributed by atoms with E-state index in [9.17, 15) is 14.7 Å². The van der Waals surface area contributed by atoms with Crippen LogP contribution >= 0.6 is 0 Å². The number of hydrogen-bond donors (Lipinski definition) is 4. The van der Waals surface area contributed by atoms with Crippen LogP contribution in [-0.2, 0) is 14.3 Å². The molecule has 1 aliphatic carbocycles. The third-order valence-electron chi connectivity index (χ3n) is 8.15. The monoisotopic (exact) mass is 592 g/mol. The second kappa shape index (κ2) is 11.8. The quantitative estimate of drug-likeness (QED) is 0.117. The zero-order valence-electron chi connectivity index (χ0n) is 23.6. The van der Waals surface area contributed by atoms with Crippen molar-refractivity contribution >= 4 is 17.6 Å². The normalized spacial score (nSPS) is 21.3. The van der Waals surface area contributed by atoms with Gasteiger partial charge in [-0.25, -0.2) is 5.48 Å². The number of benzene rings is 3. The summed E-state index contributed by atoms with van der Waals surface area (Å²) in [6, 6.07) is 14.4. The van der Waals surface area contributed by atoms with Gasteiger partial charge >= 0.3 is 5.97 Å². The van der Waals surface area contributed by atoms with Crippen molar-refractivity contribution < 1.29 is 48.3 Å². The van der Waals surface area contributed by atoms with Crippen LogP contribution in [0.25, 0.3) is 0 Å². The maximum absolute atomic E-state index is 13.4. The number of carbonyl (C=O) groups excluding carboxylic acids is 2. The van der Waals surface area contributed by atoms with Crippen molar-refractivity contribution in [3.63, 3.8) is 0 Å². The highest BCUT2D eigenvalue weighted by atomic mass is 16.7. The number of cyclic esters (lactones) is 1. The number of phenols is 1. The Kier molecular flexibility index (Phi) is 7.76. The number of fused-ring (bicyclic) bond motifs is 3. The zero-order chi connectivity index (χ0) is 30.1. The second-order valence-electron chi connectivity index (χ2n) is 10.5. The fraction of sp³-hybridized carbons (Fsp3) is 0.355. The van der Waals surface area contributed by atoms with Crippen LogP contribution in [0.15, 0.2) is 48.5 Å². The molecule has 43 heavy (non-hydrogen) atoms. The lowest BCUT2D eigenvalue weighted by atomic mass is 9.65. The molecule has 3 aromatic rings. The molecule has 1 saturated heterocycles. The van der Waals surface area contributed by atoms with E-state index in [4.69, 9.17) is 33.6 Å². The van der Waals surface area contributed by atoms with Crippen LogP contribution in [0, 0.1) is 11.8 Å². The molecule has 0 radical (unpaired) electrons. The molecule has 0 unspecified atom stereocenters. The summed E-state index contributed by atoms with van der Waals surface area (Å²) in [4.78, 5) is 24.7. The largest absolute Gasteiger partial charge is 0.502 e. The van der Waals surface area contributed by atoms with Gasteiger partial charge in [0.15, 0.2) is 23.0 Å². The third kappa shape index (κ3) is 5.29. The summed E-state index contributed by atoms with van der Waals surface area (Å²) in [5.74, 6) is 0.0829. The van der Waals surface area contributed by atoms with Gasteiger partial charge in [-0.1, -0.05) is 6.07 Å². The first-order valence-corrected chi connectivity index (χ1v) is 13.9. The maximum atomic E-state index is 13.4. The number of amides is 1. The van der Waals surface area contributed by atoms with E-state index in [1.165, 1.54) is 14.2 Å². The van der Waals surface area contributed by atoms with Gasteiger partial charge in [0.05, 0.1) is 39.4 Å². The second-order valence-corrected chi connectivity index (χ2v) is 10.5. The molecule has 0 aromatic heterocycles. The molecule has 12 heteroatoms. The molecule has 0 spiro atoms. The van der Waals surface area contributed by atoms with Crippen molar-refractivity contribution in [2.45, 2.75) is 24.8 Å². The first-order valence-electron chi connectivity index (χ1n) is 13.9. The zero-order valence-corrected chi connectivity index (χ0v) is 23.6. The predicted octanol–water partition coefficient (Wildman–Crippen LogP) is 3.89. The number of hydrogen-bond acceptors (Lipinski definition) is 11. The molecule has 3 aliphatic rings. The van der Waals surface area contributed by atoms with E-state index in [2.05, 4.69) is 5.32 Å². The lowest BCUT2D eigenvalue weighted by Crippen LogP contribution is -2.37. The van der Waals surface area contributed by atoms with E-state index in [-0.39, 0.29) is 55.0 Å². The summed E-state index contributed by atoms with van der Waals surface area (Å²) in [7, 11) is 2.92. The first kappa shape index (κ1) is 28.3. The van der Waals surface area contributed by atoms with Gasteiger partial charge in [0.1, 0.15) is 5.75 Å². The van der Waals surface area contributed by atoms with Crippen LogP contribution in [0.1, 0.15) is 41.5 Å². The molecule has 12 nitrogen and oxygen atoms in total. The van der Waals surface area contributed by atoms with E-state index < -0.39 is 17.7 Å². The minimum Gasteiger partial charge on any atom is -0.502 e. The van der Waals surface area contributed by atoms with Crippen molar-refractivity contribution in [1.82, 2.24) is 5.48 Å². The third-order valence-corrected chi connectivity index (χ3v) is 8.15. The minimum atomic E-state index is -0.554. The first-order chi connectivity index (χ1) is 20.9. The van der Waals surface area contributed by atoms with Crippen LogP contribution in [0.4, 0.5) is 5.69 Å². The van der Waals surface area contributed by atoms with E-state index in [0.29, 0.717) is 30.3 Å². The van der Waals surface area contributed by atoms with E-state index in [1.807, 2.05) is 36.4 Å². The van der Waals surface area contributed by atoms with Gasteiger partial charge in [-0.05, 0) is 59.5 Å². The number of aromatic hydroxyl groups is 1. The predicted molar refractivity (Wildman–Crippen MR) is 151 cm³/mol. The average Bonchev–Trinajstić information content (AvgIpc) is 3.65. The molecule has 2 heterocycles. The van der Waals surface area contributed by atoms with Gasteiger partial charge in [0.2, 0.25) is 18.4 Å². The Morgan fingerprint density at radius 2 is 1.72 bits per heavy atom. The molecule has 226 valence electrons. The highest BCUT2D eigenvalue weighted by Gasteiger charge is 2.52. The molecule has 0 bridgehead atoms. The average molecular weight is 593 g/mol. The van der Waals surface area contributed by atoms with E-state index >= 15 is 0 Å². The number of nitrogens with one attached hydrogen (secondary N) is 2. The van der Waals surface area contributed by atoms with Gasteiger partial charge in [0, 0.05) is 30.0 Å². The Bertz CT molecular complexity index is 1520. The van der Waals surface area contributed by atoms with Crippen LogP contribution in [0.5, 0.6) is 34.5 Å². The summed E-state index contributed by atoms with van der Waals surface area (Å²) < 4.78 is 33.9. The molecule has 0 saturated carbocycles. The summed E-state index contributed by atoms with van der Waals surface area (Å²) in [5, 5.41) is 22.9. The van der Waals surface area contributed by atoms with Crippen molar-refractivity contribution in [1.29, 1.82) is 0 Å². The van der Waals surface area contributed by atoms with Gasteiger partial charge in [-0.15, -0.1) is 0 Å². The van der Waals surface area contributed by atoms with Gasteiger partial charge in [-0.2, -0.15) is 0 Å². The van der Waals surface area contributed by atoms with Crippen molar-refractivity contribution in [2.24, 2.45) is 11.8 Å². The Balaban J connectivity index is 1.38. The minimum absolute atomic E-state index is 0.0933. The SMILES string of the molecule is COc1cc([C@@H]2c3cc4c(cc3[C@@H](Nc3cccc(OCCCC(=O)NO)c3)[C@H]3COC(=O)[C@H]23)OCO4)cc(OC)c1O. The number of phenolic OH excluding ortho intramolecular Hbond substituents is 1. The number of esters is 1. The Morgan fingerprint density at radius 3 is 2.42 bits per heavy atom. The Hall–Kier alpha value is -4.84. The van der Waals surface area contributed by atoms with Gasteiger partial charge < -0.3 is 38.8 Å². The van der Waals surface area contributed by atoms with Crippen LogP contribution in [0.3, 0.4) is 0 Å². The van der Waals surface area contributed by atoms with Gasteiger partial charge in [-0.3, -0.25) is 14.8 Å². The fourth-order valence-electron chi connectivity index (χ4n) is 6.17. The van der Waals surface area contributed by atoms with Crippen molar-refractivity contribution in [2.75, 3.05) is 39.5 Å². The highest BCUT2D eigenvalue weighted by Crippen LogP contribution is 2.56. The molecule has 4 N–H and O–H groups in total. The molecule has 4 atom stereocenters. The molecule has 1 fully saturated rings. The van der Waals surface area contributed by atoms with Crippen molar-refractivity contribution in [3.8, 4) is 34.5 Å². The van der Waals surface area contributed by atoms with Crippen molar-refractivity contribution in [3.05, 3.63) is 65.2 Å². The topological polar surface area (TPSA) is 154 Å². The van der Waals surface area contributed by atoms with E-state index in [1.54, 1.807) is 17.6 Å². The molecule has 2 aliphatic heterocycles. The molecule has 1 amide bonds. The lowest BCUT2D eigenvalue weighted by Gasteiger charge is -2.40. The van der Waals surface area contributed by atoms with Crippen LogP contribution in [-0.4, -0.2) is 56.4 Å². The summed E-state index contributed by atoms with van der Waals surface area (Å²) >= 11 is 0. The number of anilines is 1. The number of hydroxylamine groups is 1. The van der Waals surface area contributed by atoms with Crippen LogP contribution < -0.4 is 34.5 Å². The van der Waals surface area contributed by atoms with Crippen LogP contribution in [0.2, 0.25) is 0 Å². The summed E-state index contributed by atoms with van der Waals surface area (Å²) in [5.41, 5.74) is 4.88. The number of carbonyl (C=O) groups is 2. The number of methoxy groups -OCH3 is 2. The highest BCUT2D eigenvalue weighted by molar-refractivity contribution is 5.79. The molecular weight excluding hydrogens is 560 g/mol. The molecule has 3 aromatic carbocycles. The number of ether oxygens (including phenoxy) is 6. The summed E-state index contributed by atoms with van der Waals surface area (Å²) in [6.45, 7) is 0.595. The smallest absolute Gasteiger partial charge is 0.310 e. The molecular formula is C31H32N2O10. The fourth-order valence-corrected chi connectivity index (χ4v) is 6.17. The Morgan fingerprint density at radius 1 is 1.00 bits per heavy atom. The number of rotatable bonds is 10. The lowest BCUT2D eigenvalue weighted by molar-refractivity contribution is -0.141. The Labute approximate surface area is 247 Å².